The van der Waals surface area contributed by atoms with Crippen molar-refractivity contribution in [1.29, 1.82) is 0 Å². The highest BCUT2D eigenvalue weighted by molar-refractivity contribution is 5.79. The second-order valence-corrected chi connectivity index (χ2v) is 4.75. The van der Waals surface area contributed by atoms with Crippen LogP contribution in [0.2, 0.25) is 0 Å². The molecule has 23 heavy (non-hydrogen) atoms. The predicted molar refractivity (Wildman–Crippen MR) is 87.9 cm³/mol. The Morgan fingerprint density at radius 2 is 1.78 bits per heavy atom. The van der Waals surface area contributed by atoms with Crippen molar-refractivity contribution in [3.05, 3.63) is 64.2 Å². The van der Waals surface area contributed by atoms with Gasteiger partial charge in [0.05, 0.1) is 31.4 Å². The van der Waals surface area contributed by atoms with E-state index < -0.39 is 0 Å². The average molecular weight is 306 g/mol. The SMILES string of the molecule is COc1cccc(OC)c1C#Cc1ccc2nc[nH]c(=O)c2c1. The Morgan fingerprint density at radius 1 is 1.04 bits per heavy atom. The van der Waals surface area contributed by atoms with Gasteiger partial charge in [0, 0.05) is 5.56 Å². The van der Waals surface area contributed by atoms with E-state index >= 15 is 0 Å². The maximum atomic E-state index is 11.8. The Labute approximate surface area is 132 Å². The molecule has 114 valence electrons. The van der Waals surface area contributed by atoms with Crippen LogP contribution < -0.4 is 15.0 Å². The summed E-state index contributed by atoms with van der Waals surface area (Å²) < 4.78 is 10.6. The molecule has 0 saturated heterocycles. The van der Waals surface area contributed by atoms with Crippen LogP contribution in [0.1, 0.15) is 11.1 Å². The van der Waals surface area contributed by atoms with E-state index in [-0.39, 0.29) is 5.56 Å². The van der Waals surface area contributed by atoms with Gasteiger partial charge in [-0.1, -0.05) is 17.9 Å². The van der Waals surface area contributed by atoms with Gasteiger partial charge in [-0.05, 0) is 30.3 Å². The molecule has 0 radical (unpaired) electrons. The molecule has 1 N–H and O–H groups in total. The van der Waals surface area contributed by atoms with Gasteiger partial charge in [0.2, 0.25) is 0 Å². The van der Waals surface area contributed by atoms with E-state index in [4.69, 9.17) is 9.47 Å². The van der Waals surface area contributed by atoms with E-state index in [1.807, 2.05) is 24.3 Å². The van der Waals surface area contributed by atoms with Crippen molar-refractivity contribution in [2.75, 3.05) is 14.2 Å². The summed E-state index contributed by atoms with van der Waals surface area (Å²) in [5.74, 6) is 7.36. The third kappa shape index (κ3) is 2.87. The van der Waals surface area contributed by atoms with Crippen LogP contribution in [0.5, 0.6) is 11.5 Å². The number of nitrogens with one attached hydrogen (secondary N) is 1. The van der Waals surface area contributed by atoms with E-state index in [0.717, 1.165) is 0 Å². The summed E-state index contributed by atoms with van der Waals surface area (Å²) in [6, 6.07) is 10.8. The number of nitrogens with zero attached hydrogens (tertiary/aromatic N) is 1. The zero-order chi connectivity index (χ0) is 16.2. The van der Waals surface area contributed by atoms with E-state index in [2.05, 4.69) is 21.8 Å². The van der Waals surface area contributed by atoms with Gasteiger partial charge in [0.15, 0.2) is 0 Å². The van der Waals surface area contributed by atoms with Crippen LogP contribution in [0.25, 0.3) is 10.9 Å². The molecule has 5 nitrogen and oxygen atoms in total. The highest BCUT2D eigenvalue weighted by Gasteiger charge is 2.06. The Balaban J connectivity index is 2.09. The fourth-order valence-electron chi connectivity index (χ4n) is 2.26. The van der Waals surface area contributed by atoms with Crippen molar-refractivity contribution in [2.24, 2.45) is 0 Å². The summed E-state index contributed by atoms with van der Waals surface area (Å²) >= 11 is 0. The van der Waals surface area contributed by atoms with Crippen LogP contribution in [0.4, 0.5) is 0 Å². The molecule has 0 aliphatic carbocycles. The first kappa shape index (κ1) is 14.7. The van der Waals surface area contributed by atoms with E-state index in [0.29, 0.717) is 33.5 Å². The topological polar surface area (TPSA) is 64.2 Å². The first-order chi connectivity index (χ1) is 11.2. The van der Waals surface area contributed by atoms with Crippen molar-refractivity contribution >= 4 is 10.9 Å². The number of hydrogen-bond donors (Lipinski definition) is 1. The molecule has 5 heteroatoms. The molecule has 2 aromatic carbocycles. The van der Waals surface area contributed by atoms with Gasteiger partial charge >= 0.3 is 0 Å². The van der Waals surface area contributed by atoms with Crippen LogP contribution in [-0.4, -0.2) is 24.2 Å². The van der Waals surface area contributed by atoms with E-state index in [1.54, 1.807) is 26.4 Å². The van der Waals surface area contributed by atoms with Crippen molar-refractivity contribution in [1.82, 2.24) is 9.97 Å². The number of aromatic nitrogens is 2. The number of fused-ring (bicyclic) bond motifs is 1. The second kappa shape index (κ2) is 6.24. The highest BCUT2D eigenvalue weighted by atomic mass is 16.5. The normalized spacial score (nSPS) is 10.0. The van der Waals surface area contributed by atoms with E-state index in [9.17, 15) is 4.79 Å². The lowest BCUT2D eigenvalue weighted by Gasteiger charge is -2.07. The van der Waals surface area contributed by atoms with Gasteiger partial charge in [-0.25, -0.2) is 4.98 Å². The average Bonchev–Trinajstić information content (AvgIpc) is 2.60. The standard InChI is InChI=1S/C18H14N2O3/c1-22-16-4-3-5-17(23-2)13(16)8-6-12-7-9-15-14(10-12)18(21)20-11-19-15/h3-5,7,9-11H,1-2H3,(H,19,20,21). The quantitative estimate of drug-likeness (QED) is 0.738. The van der Waals surface area contributed by atoms with Gasteiger partial charge in [-0.2, -0.15) is 0 Å². The van der Waals surface area contributed by atoms with Crippen molar-refractivity contribution in [3.8, 4) is 23.3 Å². The number of H-pyrrole nitrogens is 1. The van der Waals surface area contributed by atoms with E-state index in [1.165, 1.54) is 6.33 Å². The van der Waals surface area contributed by atoms with Gasteiger partial charge in [-0.3, -0.25) is 4.79 Å². The van der Waals surface area contributed by atoms with Gasteiger partial charge in [-0.15, -0.1) is 0 Å². The molecule has 0 spiro atoms. The van der Waals surface area contributed by atoms with Crippen LogP contribution in [-0.2, 0) is 0 Å². The molecule has 0 unspecified atom stereocenters. The largest absolute Gasteiger partial charge is 0.495 e. The fourth-order valence-corrected chi connectivity index (χ4v) is 2.26. The maximum Gasteiger partial charge on any atom is 0.258 e. The van der Waals surface area contributed by atoms with Gasteiger partial charge in [0.25, 0.3) is 5.56 Å². The third-order valence-corrected chi connectivity index (χ3v) is 3.40. The molecule has 0 aliphatic rings. The number of aromatic amines is 1. The Bertz CT molecular complexity index is 958. The second-order valence-electron chi connectivity index (χ2n) is 4.75. The Morgan fingerprint density at radius 3 is 2.48 bits per heavy atom. The van der Waals surface area contributed by atoms with Crippen molar-refractivity contribution in [3.63, 3.8) is 0 Å². The monoisotopic (exact) mass is 306 g/mol. The molecule has 0 fully saturated rings. The maximum absolute atomic E-state index is 11.8. The van der Waals surface area contributed by atoms with Gasteiger partial charge < -0.3 is 14.5 Å². The third-order valence-electron chi connectivity index (χ3n) is 3.40. The van der Waals surface area contributed by atoms with Crippen LogP contribution in [0.15, 0.2) is 47.5 Å². The van der Waals surface area contributed by atoms with Gasteiger partial charge in [0.1, 0.15) is 17.1 Å². The number of ether oxygens (including phenoxy) is 2. The zero-order valence-electron chi connectivity index (χ0n) is 12.7. The number of rotatable bonds is 2. The molecule has 0 saturated carbocycles. The van der Waals surface area contributed by atoms with Crippen molar-refractivity contribution in [2.45, 2.75) is 0 Å². The molecule has 1 heterocycles. The summed E-state index contributed by atoms with van der Waals surface area (Å²) in [5, 5.41) is 0.506. The minimum atomic E-state index is -0.187. The molecular formula is C18H14N2O3. The summed E-state index contributed by atoms with van der Waals surface area (Å²) in [6.45, 7) is 0. The summed E-state index contributed by atoms with van der Waals surface area (Å²) in [6.07, 6.45) is 1.38. The number of methoxy groups -OCH3 is 2. The molecule has 0 atom stereocenters. The summed E-state index contributed by atoms with van der Waals surface area (Å²) in [5.41, 5.74) is 1.82. The molecule has 3 rings (SSSR count). The lowest BCUT2D eigenvalue weighted by Crippen LogP contribution is -2.06. The predicted octanol–water partition coefficient (Wildman–Crippen LogP) is 2.34. The number of hydrogen-bond acceptors (Lipinski definition) is 4. The summed E-state index contributed by atoms with van der Waals surface area (Å²) in [4.78, 5) is 18.5. The fraction of sp³-hybridized carbons (Fsp3) is 0.111. The van der Waals surface area contributed by atoms with Crippen LogP contribution >= 0.6 is 0 Å². The molecule has 0 bridgehead atoms. The highest BCUT2D eigenvalue weighted by Crippen LogP contribution is 2.27. The first-order valence-electron chi connectivity index (χ1n) is 6.93. The lowest BCUT2D eigenvalue weighted by molar-refractivity contribution is 0.392. The minimum absolute atomic E-state index is 0.187. The molecule has 3 aromatic rings. The lowest BCUT2D eigenvalue weighted by atomic mass is 10.1. The van der Waals surface area contributed by atoms with Crippen LogP contribution in [0.3, 0.4) is 0 Å². The zero-order valence-corrected chi connectivity index (χ0v) is 12.7. The minimum Gasteiger partial charge on any atom is -0.495 e. The first-order valence-corrected chi connectivity index (χ1v) is 6.93. The molecule has 1 aromatic heterocycles. The Kier molecular flexibility index (Phi) is 3.98. The number of benzene rings is 2. The molecular weight excluding hydrogens is 292 g/mol. The van der Waals surface area contributed by atoms with Crippen molar-refractivity contribution < 1.29 is 9.47 Å². The molecule has 0 aliphatic heterocycles. The smallest absolute Gasteiger partial charge is 0.258 e. The summed E-state index contributed by atoms with van der Waals surface area (Å²) in [7, 11) is 3.17. The molecule has 0 amide bonds. The van der Waals surface area contributed by atoms with Crippen LogP contribution in [0, 0.1) is 11.8 Å². The Hall–Kier alpha value is -3.26.